The van der Waals surface area contributed by atoms with Crippen molar-refractivity contribution in [1.82, 2.24) is 0 Å². The van der Waals surface area contributed by atoms with Crippen LogP contribution in [-0.2, 0) is 23.9 Å². The molecule has 164 valence electrons. The molecule has 0 N–H and O–H groups in total. The summed E-state index contributed by atoms with van der Waals surface area (Å²) in [4.78, 5) is 40.1. The number of carbonyl (C=O) groups is 3. The zero-order valence-electron chi connectivity index (χ0n) is 18.2. The number of fused-ring (bicyclic) bond motifs is 1. The summed E-state index contributed by atoms with van der Waals surface area (Å²) < 4.78 is 11.5. The molecule has 1 aliphatic heterocycles. The Bertz CT molecular complexity index is 1080. The highest BCUT2D eigenvalue weighted by molar-refractivity contribution is 6.05. The third kappa shape index (κ3) is 3.10. The van der Waals surface area contributed by atoms with Gasteiger partial charge < -0.3 is 9.47 Å². The van der Waals surface area contributed by atoms with Gasteiger partial charge in [0.1, 0.15) is 0 Å². The third-order valence-electron chi connectivity index (χ3n) is 7.12. The molecule has 32 heavy (non-hydrogen) atoms. The molecule has 2 fully saturated rings. The average molecular weight is 431 g/mol. The normalized spacial score (nSPS) is 28.4. The largest absolute Gasteiger partial charge is 0.422 e. The zero-order valence-corrected chi connectivity index (χ0v) is 18.2. The lowest BCUT2D eigenvalue weighted by atomic mass is 9.50. The van der Waals surface area contributed by atoms with Crippen LogP contribution in [-0.4, -0.2) is 23.5 Å². The molecular formula is C27H26O5. The van der Waals surface area contributed by atoms with Crippen LogP contribution in [0.2, 0.25) is 0 Å². The molecule has 5 heteroatoms. The van der Waals surface area contributed by atoms with E-state index in [0.29, 0.717) is 19.3 Å². The van der Waals surface area contributed by atoms with Gasteiger partial charge in [-0.15, -0.1) is 0 Å². The third-order valence-corrected chi connectivity index (χ3v) is 7.12. The molecular weight excluding hydrogens is 404 g/mol. The molecule has 0 bridgehead atoms. The fraction of sp³-hybridized carbons (Fsp3) is 0.370. The number of ketones is 1. The van der Waals surface area contributed by atoms with E-state index in [0.717, 1.165) is 16.7 Å². The molecule has 0 aromatic heterocycles. The fourth-order valence-electron chi connectivity index (χ4n) is 5.87. The average Bonchev–Trinajstić information content (AvgIpc) is 2.77. The van der Waals surface area contributed by atoms with Crippen LogP contribution in [0.25, 0.3) is 0 Å². The van der Waals surface area contributed by atoms with Gasteiger partial charge in [0.25, 0.3) is 5.79 Å². The molecule has 2 aromatic carbocycles. The van der Waals surface area contributed by atoms with Gasteiger partial charge >= 0.3 is 11.9 Å². The van der Waals surface area contributed by atoms with Crippen LogP contribution < -0.4 is 0 Å². The van der Waals surface area contributed by atoms with E-state index in [-0.39, 0.29) is 11.7 Å². The van der Waals surface area contributed by atoms with E-state index < -0.39 is 35.0 Å². The highest BCUT2D eigenvalue weighted by Crippen LogP contribution is 2.63. The molecule has 2 aliphatic carbocycles. The van der Waals surface area contributed by atoms with Crippen molar-refractivity contribution in [2.45, 2.75) is 50.7 Å². The van der Waals surface area contributed by atoms with Crippen molar-refractivity contribution in [2.24, 2.45) is 11.3 Å². The molecule has 1 saturated heterocycles. The molecule has 0 radical (unpaired) electrons. The Labute approximate surface area is 187 Å². The maximum atomic E-state index is 13.9. The first-order valence-corrected chi connectivity index (χ1v) is 11.1. The van der Waals surface area contributed by atoms with Crippen molar-refractivity contribution < 1.29 is 23.9 Å². The van der Waals surface area contributed by atoms with E-state index in [2.05, 4.69) is 0 Å². The second-order valence-electron chi connectivity index (χ2n) is 9.43. The Kier molecular flexibility index (Phi) is 4.81. The number of esters is 2. The summed E-state index contributed by atoms with van der Waals surface area (Å²) in [6.45, 7) is 3.16. The molecule has 2 aromatic rings. The van der Waals surface area contributed by atoms with E-state index in [1.165, 1.54) is 0 Å². The number of benzene rings is 2. The lowest BCUT2D eigenvalue weighted by molar-refractivity contribution is -0.257. The summed E-state index contributed by atoms with van der Waals surface area (Å²) in [7, 11) is 0. The van der Waals surface area contributed by atoms with Gasteiger partial charge in [-0.25, -0.2) is 0 Å². The molecule has 0 unspecified atom stereocenters. The van der Waals surface area contributed by atoms with Crippen LogP contribution in [0, 0.1) is 11.3 Å². The van der Waals surface area contributed by atoms with Gasteiger partial charge in [-0.3, -0.25) is 14.4 Å². The van der Waals surface area contributed by atoms with Crippen molar-refractivity contribution in [3.63, 3.8) is 0 Å². The molecule has 1 saturated carbocycles. The number of hydrogen-bond donors (Lipinski definition) is 0. The quantitative estimate of drug-likeness (QED) is 0.511. The van der Waals surface area contributed by atoms with Gasteiger partial charge in [0.15, 0.2) is 11.2 Å². The van der Waals surface area contributed by atoms with Crippen molar-refractivity contribution in [3.05, 3.63) is 83.4 Å². The van der Waals surface area contributed by atoms with Crippen molar-refractivity contribution in [3.8, 4) is 0 Å². The predicted octanol–water partition coefficient (Wildman–Crippen LogP) is 4.69. The number of ether oxygens (including phenoxy) is 2. The monoisotopic (exact) mass is 430 g/mol. The first-order chi connectivity index (χ1) is 15.3. The summed E-state index contributed by atoms with van der Waals surface area (Å²) >= 11 is 0. The number of cyclic esters (lactones) is 2. The number of rotatable bonds is 2. The van der Waals surface area contributed by atoms with Crippen LogP contribution in [0.15, 0.2) is 72.3 Å². The minimum atomic E-state index is -1.53. The SMILES string of the molecule is CC1(C)OC(=O)C2(C(=O)O1)[C@H](c1ccccc1)[C@H]1CCC(=O)C=C1C[C@H]2c1ccccc1. The van der Waals surface area contributed by atoms with Crippen LogP contribution in [0.5, 0.6) is 0 Å². The number of allylic oxidation sites excluding steroid dienone is 2. The van der Waals surface area contributed by atoms with Gasteiger partial charge in [0.2, 0.25) is 0 Å². The Morgan fingerprint density at radius 2 is 1.38 bits per heavy atom. The van der Waals surface area contributed by atoms with E-state index in [9.17, 15) is 14.4 Å². The van der Waals surface area contributed by atoms with E-state index >= 15 is 0 Å². The second kappa shape index (κ2) is 7.44. The van der Waals surface area contributed by atoms with E-state index in [1.807, 2.05) is 60.7 Å². The van der Waals surface area contributed by atoms with Crippen molar-refractivity contribution in [1.29, 1.82) is 0 Å². The molecule has 5 rings (SSSR count). The van der Waals surface area contributed by atoms with Crippen LogP contribution >= 0.6 is 0 Å². The molecule has 3 aliphatic rings. The van der Waals surface area contributed by atoms with Gasteiger partial charge in [-0.2, -0.15) is 0 Å². The van der Waals surface area contributed by atoms with Gasteiger partial charge in [-0.1, -0.05) is 66.2 Å². The van der Waals surface area contributed by atoms with Crippen molar-refractivity contribution in [2.75, 3.05) is 0 Å². The summed E-state index contributed by atoms with van der Waals surface area (Å²) in [6, 6.07) is 19.2. The molecule has 1 heterocycles. The Morgan fingerprint density at radius 3 is 1.97 bits per heavy atom. The van der Waals surface area contributed by atoms with Crippen LogP contribution in [0.3, 0.4) is 0 Å². The molecule has 1 spiro atoms. The Hall–Kier alpha value is -3.21. The van der Waals surface area contributed by atoms with E-state index in [1.54, 1.807) is 19.9 Å². The smallest absolute Gasteiger partial charge is 0.328 e. The topological polar surface area (TPSA) is 69.7 Å². The minimum Gasteiger partial charge on any atom is -0.422 e. The van der Waals surface area contributed by atoms with Crippen LogP contribution in [0.1, 0.15) is 56.1 Å². The fourth-order valence-corrected chi connectivity index (χ4v) is 5.87. The zero-order chi connectivity index (χ0) is 22.5. The Balaban J connectivity index is 1.79. The highest BCUT2D eigenvalue weighted by atomic mass is 16.7. The molecule has 3 atom stereocenters. The summed E-state index contributed by atoms with van der Waals surface area (Å²) in [5.41, 5.74) is 1.21. The maximum Gasteiger partial charge on any atom is 0.328 e. The van der Waals surface area contributed by atoms with Crippen molar-refractivity contribution >= 4 is 17.7 Å². The number of hydrogen-bond acceptors (Lipinski definition) is 5. The Morgan fingerprint density at radius 1 is 0.812 bits per heavy atom. The highest BCUT2D eigenvalue weighted by Gasteiger charge is 2.68. The summed E-state index contributed by atoms with van der Waals surface area (Å²) in [5, 5.41) is 0. The van der Waals surface area contributed by atoms with E-state index in [4.69, 9.17) is 9.47 Å². The van der Waals surface area contributed by atoms with Gasteiger partial charge in [0.05, 0.1) is 0 Å². The predicted molar refractivity (Wildman–Crippen MR) is 117 cm³/mol. The van der Waals surface area contributed by atoms with Gasteiger partial charge in [0, 0.05) is 32.1 Å². The molecule has 5 nitrogen and oxygen atoms in total. The summed E-state index contributed by atoms with van der Waals surface area (Å²) in [6.07, 6.45) is 3.17. The maximum absolute atomic E-state index is 13.9. The lowest BCUT2D eigenvalue weighted by Gasteiger charge is -2.54. The molecule has 0 amide bonds. The first-order valence-electron chi connectivity index (χ1n) is 11.1. The lowest BCUT2D eigenvalue weighted by Crippen LogP contribution is -2.62. The summed E-state index contributed by atoms with van der Waals surface area (Å²) in [5.74, 6) is -3.41. The van der Waals surface area contributed by atoms with Gasteiger partial charge in [-0.05, 0) is 36.0 Å². The first kappa shape index (κ1) is 20.7. The standard InChI is InChI=1S/C27H26O5/c1-26(2)31-24(29)27(25(30)32-26)22(17-9-5-3-6-10-17)16-19-15-20(28)13-14-21(19)23(27)18-11-7-4-8-12-18/h3-12,15,21-23H,13-14,16H2,1-2H3/t21-,22-,23+/m0/s1. The second-order valence-corrected chi connectivity index (χ2v) is 9.43. The number of carbonyl (C=O) groups excluding carboxylic acids is 3. The minimum absolute atomic E-state index is 0.0979. The van der Waals surface area contributed by atoms with Crippen LogP contribution in [0.4, 0.5) is 0 Å².